The summed E-state index contributed by atoms with van der Waals surface area (Å²) in [4.78, 5) is 0. The Bertz CT molecular complexity index is 567. The molecule has 1 unspecified atom stereocenters. The van der Waals surface area contributed by atoms with Crippen LogP contribution < -0.4 is 0 Å². The third-order valence-electron chi connectivity index (χ3n) is 3.20. The fraction of sp³-hybridized carbons (Fsp3) is 0.111. The van der Waals surface area contributed by atoms with Crippen molar-refractivity contribution in [3.63, 3.8) is 0 Å². The Balaban J connectivity index is 2.49. The highest BCUT2D eigenvalue weighted by Crippen LogP contribution is 2.32. The van der Waals surface area contributed by atoms with Crippen molar-refractivity contribution in [2.24, 2.45) is 0 Å². The molecule has 0 saturated carbocycles. The van der Waals surface area contributed by atoms with Crippen molar-refractivity contribution in [2.45, 2.75) is 13.0 Å². The van der Waals surface area contributed by atoms with Gasteiger partial charge in [0.15, 0.2) is 0 Å². The van der Waals surface area contributed by atoms with Crippen molar-refractivity contribution in [3.05, 3.63) is 90.0 Å². The molecule has 0 aromatic heterocycles. The molecule has 2 rings (SSSR count). The third kappa shape index (κ3) is 3.01. The van der Waals surface area contributed by atoms with Gasteiger partial charge in [0, 0.05) is 0 Å². The zero-order chi connectivity index (χ0) is 13.7. The Kier molecular flexibility index (Phi) is 4.32. The van der Waals surface area contributed by atoms with E-state index in [4.69, 9.17) is 0 Å². The molecule has 1 nitrogen and oxygen atoms in total. The molecule has 0 bridgehead atoms. The summed E-state index contributed by atoms with van der Waals surface area (Å²) < 4.78 is 0. The van der Waals surface area contributed by atoms with E-state index in [9.17, 15) is 5.11 Å². The molecule has 0 fully saturated rings. The predicted molar refractivity (Wildman–Crippen MR) is 80.6 cm³/mol. The summed E-state index contributed by atoms with van der Waals surface area (Å²) in [5.41, 5.74) is 3.81. The van der Waals surface area contributed by atoms with E-state index in [-0.39, 0.29) is 0 Å². The Labute approximate surface area is 114 Å². The number of aliphatic hydroxyl groups is 1. The first-order chi connectivity index (χ1) is 9.24. The van der Waals surface area contributed by atoms with Gasteiger partial charge in [-0.2, -0.15) is 0 Å². The van der Waals surface area contributed by atoms with E-state index in [2.05, 4.69) is 6.58 Å². The molecule has 2 aromatic carbocycles. The van der Waals surface area contributed by atoms with Crippen LogP contribution in [0.1, 0.15) is 24.2 Å². The van der Waals surface area contributed by atoms with Gasteiger partial charge >= 0.3 is 0 Å². The van der Waals surface area contributed by atoms with Gasteiger partial charge in [-0.25, -0.2) is 0 Å². The molecule has 0 saturated heterocycles. The number of benzene rings is 2. The topological polar surface area (TPSA) is 20.2 Å². The van der Waals surface area contributed by atoms with Crippen LogP contribution in [0.25, 0.3) is 5.57 Å². The molecule has 0 aliphatic rings. The lowest BCUT2D eigenvalue weighted by Gasteiger charge is -2.18. The van der Waals surface area contributed by atoms with Gasteiger partial charge < -0.3 is 5.11 Å². The highest BCUT2D eigenvalue weighted by Gasteiger charge is 2.16. The van der Waals surface area contributed by atoms with Gasteiger partial charge in [0.05, 0.1) is 0 Å². The van der Waals surface area contributed by atoms with E-state index in [0.29, 0.717) is 0 Å². The minimum absolute atomic E-state index is 0.637. The van der Waals surface area contributed by atoms with Crippen molar-refractivity contribution in [2.75, 3.05) is 0 Å². The number of hydrogen-bond donors (Lipinski definition) is 1. The maximum Gasteiger partial charge on any atom is 0.105 e. The van der Waals surface area contributed by atoms with Gasteiger partial charge in [0.2, 0.25) is 0 Å². The van der Waals surface area contributed by atoms with Crippen LogP contribution in [0.2, 0.25) is 0 Å². The van der Waals surface area contributed by atoms with E-state index in [1.165, 1.54) is 0 Å². The average molecular weight is 250 g/mol. The van der Waals surface area contributed by atoms with Gasteiger partial charge in [0.1, 0.15) is 6.10 Å². The molecular formula is C18H18O. The van der Waals surface area contributed by atoms with Gasteiger partial charge in [-0.15, -0.1) is 0 Å². The minimum atomic E-state index is -0.637. The molecule has 2 aromatic rings. The maximum atomic E-state index is 10.6. The summed E-state index contributed by atoms with van der Waals surface area (Å²) in [7, 11) is 0. The maximum absolute atomic E-state index is 10.6. The zero-order valence-corrected chi connectivity index (χ0v) is 11.1. The van der Waals surface area contributed by atoms with E-state index in [1.807, 2.05) is 67.6 Å². The molecule has 0 heterocycles. The van der Waals surface area contributed by atoms with Crippen LogP contribution in [-0.4, -0.2) is 5.11 Å². The van der Waals surface area contributed by atoms with E-state index >= 15 is 0 Å². The lowest BCUT2D eigenvalue weighted by molar-refractivity contribution is 0.237. The molecule has 96 valence electrons. The van der Waals surface area contributed by atoms with Gasteiger partial charge in [-0.1, -0.05) is 73.3 Å². The van der Waals surface area contributed by atoms with Crippen LogP contribution in [0.4, 0.5) is 0 Å². The first-order valence-electron chi connectivity index (χ1n) is 6.35. The normalized spacial score (nSPS) is 13.6. The monoisotopic (exact) mass is 250 g/mol. The molecule has 0 aliphatic carbocycles. The van der Waals surface area contributed by atoms with Gasteiger partial charge in [-0.05, 0) is 29.2 Å². The highest BCUT2D eigenvalue weighted by atomic mass is 16.3. The molecule has 0 radical (unpaired) electrons. The molecule has 1 heteroatoms. The van der Waals surface area contributed by atoms with Crippen LogP contribution in [-0.2, 0) is 0 Å². The van der Waals surface area contributed by atoms with Crippen LogP contribution in [0.15, 0.2) is 78.9 Å². The quantitative estimate of drug-likeness (QED) is 0.798. The number of hydrogen-bond acceptors (Lipinski definition) is 1. The smallest absolute Gasteiger partial charge is 0.105 e. The first kappa shape index (κ1) is 13.3. The molecule has 0 spiro atoms. The summed E-state index contributed by atoms with van der Waals surface area (Å²) in [6, 6.07) is 19.6. The fourth-order valence-electron chi connectivity index (χ4n) is 2.13. The zero-order valence-electron chi connectivity index (χ0n) is 11.1. The van der Waals surface area contributed by atoms with Gasteiger partial charge in [0.25, 0.3) is 0 Å². The predicted octanol–water partition coefficient (Wildman–Crippen LogP) is 4.38. The summed E-state index contributed by atoms with van der Waals surface area (Å²) in [5.74, 6) is 0. The van der Waals surface area contributed by atoms with E-state index in [1.54, 1.807) is 6.08 Å². The second kappa shape index (κ2) is 6.17. The summed E-state index contributed by atoms with van der Waals surface area (Å²) in [6.07, 6.45) is 1.15. The molecule has 1 atom stereocenters. The second-order valence-corrected chi connectivity index (χ2v) is 4.48. The van der Waals surface area contributed by atoms with Crippen molar-refractivity contribution in [1.82, 2.24) is 0 Å². The SMILES string of the molecule is C=C/C(C)=C(\c1ccccc1)C(O)c1ccccc1. The number of aliphatic hydroxyl groups excluding tert-OH is 1. The lowest BCUT2D eigenvalue weighted by Crippen LogP contribution is -2.03. The van der Waals surface area contributed by atoms with Crippen LogP contribution >= 0.6 is 0 Å². The summed E-state index contributed by atoms with van der Waals surface area (Å²) in [5, 5.41) is 10.6. The van der Waals surface area contributed by atoms with Crippen molar-refractivity contribution >= 4 is 5.57 Å². The Morgan fingerprint density at radius 2 is 1.53 bits per heavy atom. The fourth-order valence-corrected chi connectivity index (χ4v) is 2.13. The highest BCUT2D eigenvalue weighted by molar-refractivity contribution is 5.74. The van der Waals surface area contributed by atoms with Gasteiger partial charge in [-0.3, -0.25) is 0 Å². The second-order valence-electron chi connectivity index (χ2n) is 4.48. The summed E-state index contributed by atoms with van der Waals surface area (Å²) in [6.45, 7) is 5.79. The van der Waals surface area contributed by atoms with E-state index < -0.39 is 6.10 Å². The van der Waals surface area contributed by atoms with Crippen molar-refractivity contribution in [1.29, 1.82) is 0 Å². The molecule has 0 amide bonds. The summed E-state index contributed by atoms with van der Waals surface area (Å²) >= 11 is 0. The molecule has 19 heavy (non-hydrogen) atoms. The first-order valence-corrected chi connectivity index (χ1v) is 6.35. The van der Waals surface area contributed by atoms with Crippen molar-refractivity contribution in [3.8, 4) is 0 Å². The number of allylic oxidation sites excluding steroid dienone is 2. The Morgan fingerprint density at radius 3 is 2.05 bits per heavy atom. The van der Waals surface area contributed by atoms with Crippen molar-refractivity contribution < 1.29 is 5.11 Å². The third-order valence-corrected chi connectivity index (χ3v) is 3.20. The van der Waals surface area contributed by atoms with Crippen LogP contribution in [0, 0.1) is 0 Å². The number of rotatable bonds is 4. The minimum Gasteiger partial charge on any atom is -0.384 e. The Hall–Kier alpha value is -2.12. The lowest BCUT2D eigenvalue weighted by atomic mass is 9.91. The average Bonchev–Trinajstić information content (AvgIpc) is 2.49. The Morgan fingerprint density at radius 1 is 1.00 bits per heavy atom. The largest absolute Gasteiger partial charge is 0.384 e. The standard InChI is InChI=1S/C18H18O/c1-3-14(2)17(15-10-6-4-7-11-15)18(19)16-12-8-5-9-13-16/h3-13,18-19H,1H2,2H3/b17-14+. The molecule has 1 N–H and O–H groups in total. The van der Waals surface area contributed by atoms with Crippen LogP contribution in [0.5, 0.6) is 0 Å². The molecular weight excluding hydrogens is 232 g/mol. The van der Waals surface area contributed by atoms with Crippen LogP contribution in [0.3, 0.4) is 0 Å². The molecule has 0 aliphatic heterocycles. The van der Waals surface area contributed by atoms with E-state index in [0.717, 1.165) is 22.3 Å².